The van der Waals surface area contributed by atoms with Crippen LogP contribution in [0.1, 0.15) is 5.69 Å². The molecular weight excluding hydrogens is 293 g/mol. The van der Waals surface area contributed by atoms with Crippen molar-refractivity contribution in [2.45, 2.75) is 6.92 Å². The second kappa shape index (κ2) is 4.89. The number of hydrogen-bond acceptors (Lipinski definition) is 3. The molecule has 0 saturated heterocycles. The molecule has 108 valence electrons. The van der Waals surface area contributed by atoms with Gasteiger partial charge in [-0.25, -0.2) is 4.39 Å². The van der Waals surface area contributed by atoms with Crippen LogP contribution in [0.25, 0.3) is 22.4 Å². The maximum absolute atomic E-state index is 14.2. The van der Waals surface area contributed by atoms with Crippen molar-refractivity contribution >= 4 is 17.4 Å². The minimum Gasteiger partial charge on any atom is -0.382 e. The van der Waals surface area contributed by atoms with Gasteiger partial charge in [-0.05, 0) is 19.1 Å². The Morgan fingerprint density at radius 3 is 2.71 bits per heavy atom. The number of hydrogen-bond donors (Lipinski definition) is 2. The fraction of sp³-hybridized carbons (Fsp3) is 0.143. The van der Waals surface area contributed by atoms with Crippen molar-refractivity contribution in [2.75, 3.05) is 5.73 Å². The molecule has 7 heteroatoms. The fourth-order valence-electron chi connectivity index (χ4n) is 2.39. The van der Waals surface area contributed by atoms with Crippen LogP contribution in [0, 0.1) is 12.7 Å². The van der Waals surface area contributed by atoms with E-state index in [1.54, 1.807) is 16.8 Å². The molecule has 2 aromatic heterocycles. The van der Waals surface area contributed by atoms with Gasteiger partial charge < -0.3 is 5.73 Å². The first-order valence-electron chi connectivity index (χ1n) is 6.28. The van der Waals surface area contributed by atoms with Gasteiger partial charge in [0.25, 0.3) is 0 Å². The van der Waals surface area contributed by atoms with Crippen LogP contribution in [0.2, 0.25) is 5.02 Å². The molecule has 0 bridgehead atoms. The topological polar surface area (TPSA) is 72.5 Å². The van der Waals surface area contributed by atoms with Gasteiger partial charge in [-0.2, -0.15) is 10.2 Å². The van der Waals surface area contributed by atoms with Crippen LogP contribution < -0.4 is 5.73 Å². The van der Waals surface area contributed by atoms with E-state index in [0.29, 0.717) is 11.3 Å². The second-order valence-electron chi connectivity index (χ2n) is 4.76. The molecule has 0 fully saturated rings. The number of nitrogens with one attached hydrogen (secondary N) is 1. The first-order chi connectivity index (χ1) is 9.99. The van der Waals surface area contributed by atoms with E-state index < -0.39 is 5.82 Å². The number of anilines is 1. The minimum atomic E-state index is -0.446. The number of H-pyrrole nitrogens is 1. The highest BCUT2D eigenvalue weighted by Gasteiger charge is 2.22. The lowest BCUT2D eigenvalue weighted by Crippen LogP contribution is -1.93. The molecule has 0 saturated carbocycles. The highest BCUT2D eigenvalue weighted by molar-refractivity contribution is 6.33. The quantitative estimate of drug-likeness (QED) is 0.764. The zero-order chi connectivity index (χ0) is 15.1. The fourth-order valence-corrected chi connectivity index (χ4v) is 2.64. The van der Waals surface area contributed by atoms with Gasteiger partial charge in [0.2, 0.25) is 0 Å². The average molecular weight is 306 g/mol. The van der Waals surface area contributed by atoms with Gasteiger partial charge in [-0.3, -0.25) is 9.78 Å². The molecule has 0 unspecified atom stereocenters. The lowest BCUT2D eigenvalue weighted by molar-refractivity contribution is 0.631. The van der Waals surface area contributed by atoms with E-state index in [1.165, 1.54) is 6.07 Å². The zero-order valence-corrected chi connectivity index (χ0v) is 12.2. The normalized spacial score (nSPS) is 11.0. The number of aromatic amines is 1. The van der Waals surface area contributed by atoms with Crippen LogP contribution in [0.3, 0.4) is 0 Å². The van der Waals surface area contributed by atoms with Gasteiger partial charge in [0, 0.05) is 24.4 Å². The van der Waals surface area contributed by atoms with E-state index in [0.717, 1.165) is 11.3 Å². The van der Waals surface area contributed by atoms with Gasteiger partial charge in [-0.1, -0.05) is 17.7 Å². The molecule has 2 heterocycles. The standard InChI is InChI=1S/C14H13ClFN5/c1-7-8(6-21(2)20-7)13-12(14(17)19-18-13)11-9(15)4-3-5-10(11)16/h3-6H,1-2H3,(H3,17,18,19). The largest absolute Gasteiger partial charge is 0.382 e. The van der Waals surface area contributed by atoms with Crippen LogP contribution in [-0.4, -0.2) is 20.0 Å². The average Bonchev–Trinajstić information content (AvgIpc) is 2.93. The van der Waals surface area contributed by atoms with Gasteiger partial charge in [0.15, 0.2) is 5.82 Å². The van der Waals surface area contributed by atoms with Gasteiger partial charge >= 0.3 is 0 Å². The number of halogens is 2. The van der Waals surface area contributed by atoms with Crippen molar-refractivity contribution in [1.82, 2.24) is 20.0 Å². The Morgan fingerprint density at radius 2 is 2.10 bits per heavy atom. The maximum atomic E-state index is 14.2. The number of rotatable bonds is 2. The summed E-state index contributed by atoms with van der Waals surface area (Å²) < 4.78 is 15.9. The molecular formula is C14H13ClFN5. The highest BCUT2D eigenvalue weighted by Crippen LogP contribution is 2.40. The predicted octanol–water partition coefficient (Wildman–Crippen LogP) is 3.16. The number of nitrogens with two attached hydrogens (primary N) is 1. The van der Waals surface area contributed by atoms with E-state index in [-0.39, 0.29) is 16.4 Å². The summed E-state index contributed by atoms with van der Waals surface area (Å²) in [6.45, 7) is 1.86. The van der Waals surface area contributed by atoms with Gasteiger partial charge in [0.05, 0.1) is 22.0 Å². The Hall–Kier alpha value is -2.34. The van der Waals surface area contributed by atoms with E-state index in [9.17, 15) is 4.39 Å². The summed E-state index contributed by atoms with van der Waals surface area (Å²) in [4.78, 5) is 0. The molecule has 0 aliphatic heterocycles. The minimum absolute atomic E-state index is 0.195. The molecule has 1 aromatic carbocycles. The number of nitrogen functional groups attached to an aromatic ring is 1. The monoisotopic (exact) mass is 305 g/mol. The summed E-state index contributed by atoms with van der Waals surface area (Å²) >= 11 is 6.14. The SMILES string of the molecule is Cc1nn(C)cc1-c1[nH]nc(N)c1-c1c(F)cccc1Cl. The summed E-state index contributed by atoms with van der Waals surface area (Å²) in [6, 6.07) is 4.51. The Bertz CT molecular complexity index is 801. The molecule has 21 heavy (non-hydrogen) atoms. The molecule has 3 aromatic rings. The van der Waals surface area contributed by atoms with Crippen molar-refractivity contribution in [1.29, 1.82) is 0 Å². The molecule has 0 amide bonds. The summed E-state index contributed by atoms with van der Waals surface area (Å²) in [7, 11) is 1.81. The Morgan fingerprint density at radius 1 is 1.33 bits per heavy atom. The Labute approximate surface area is 125 Å². The molecule has 0 spiro atoms. The molecule has 0 aliphatic rings. The van der Waals surface area contributed by atoms with E-state index in [2.05, 4.69) is 15.3 Å². The van der Waals surface area contributed by atoms with E-state index >= 15 is 0 Å². The third-order valence-corrected chi connectivity index (χ3v) is 3.60. The van der Waals surface area contributed by atoms with Gasteiger partial charge in [0.1, 0.15) is 5.82 Å². The Kier molecular flexibility index (Phi) is 3.17. The molecule has 5 nitrogen and oxygen atoms in total. The first-order valence-corrected chi connectivity index (χ1v) is 6.65. The summed E-state index contributed by atoms with van der Waals surface area (Å²) in [5, 5.41) is 11.4. The second-order valence-corrected chi connectivity index (χ2v) is 5.16. The van der Waals surface area contributed by atoms with Crippen LogP contribution in [-0.2, 0) is 7.05 Å². The Balaban J connectivity index is 2.30. The molecule has 0 atom stereocenters. The lowest BCUT2D eigenvalue weighted by atomic mass is 10.0. The van der Waals surface area contributed by atoms with Crippen molar-refractivity contribution in [3.05, 3.63) is 40.9 Å². The van der Waals surface area contributed by atoms with Gasteiger partial charge in [-0.15, -0.1) is 0 Å². The van der Waals surface area contributed by atoms with Crippen LogP contribution >= 0.6 is 11.6 Å². The maximum Gasteiger partial charge on any atom is 0.153 e. The third kappa shape index (κ3) is 2.17. The number of benzene rings is 1. The lowest BCUT2D eigenvalue weighted by Gasteiger charge is -2.07. The number of nitrogens with zero attached hydrogens (tertiary/aromatic N) is 3. The van der Waals surface area contributed by atoms with Crippen molar-refractivity contribution < 1.29 is 4.39 Å². The van der Waals surface area contributed by atoms with Crippen LogP contribution in [0.15, 0.2) is 24.4 Å². The zero-order valence-electron chi connectivity index (χ0n) is 11.5. The first kappa shape index (κ1) is 13.6. The smallest absolute Gasteiger partial charge is 0.153 e. The van der Waals surface area contributed by atoms with Crippen molar-refractivity contribution in [3.8, 4) is 22.4 Å². The molecule has 3 rings (SSSR count). The molecule has 3 N–H and O–H groups in total. The molecule has 0 aliphatic carbocycles. The molecule has 0 radical (unpaired) electrons. The predicted molar refractivity (Wildman–Crippen MR) is 80.3 cm³/mol. The van der Waals surface area contributed by atoms with Crippen LogP contribution in [0.5, 0.6) is 0 Å². The number of aryl methyl sites for hydroxylation is 2. The third-order valence-electron chi connectivity index (χ3n) is 3.29. The van der Waals surface area contributed by atoms with Crippen LogP contribution in [0.4, 0.5) is 10.2 Å². The number of aromatic nitrogens is 4. The summed E-state index contributed by atoms with van der Waals surface area (Å²) in [5.74, 6) is -0.251. The van der Waals surface area contributed by atoms with E-state index in [1.807, 2.05) is 20.2 Å². The van der Waals surface area contributed by atoms with Crippen molar-refractivity contribution in [3.63, 3.8) is 0 Å². The van der Waals surface area contributed by atoms with E-state index in [4.69, 9.17) is 17.3 Å². The highest BCUT2D eigenvalue weighted by atomic mass is 35.5. The summed E-state index contributed by atoms with van der Waals surface area (Å²) in [6.07, 6.45) is 1.82. The summed E-state index contributed by atoms with van der Waals surface area (Å²) in [5.41, 5.74) is 8.79. The van der Waals surface area contributed by atoms with Crippen molar-refractivity contribution in [2.24, 2.45) is 7.05 Å².